The van der Waals surface area contributed by atoms with Gasteiger partial charge in [-0.25, -0.2) is 9.67 Å². The normalized spacial score (nSPS) is 24.8. The first-order valence-electron chi connectivity index (χ1n) is 9.91. The Morgan fingerprint density at radius 3 is 2.67 bits per heavy atom. The third-order valence-corrected chi connectivity index (χ3v) is 5.59. The van der Waals surface area contributed by atoms with Crippen LogP contribution in [0, 0.1) is 17.8 Å². The van der Waals surface area contributed by atoms with Crippen molar-refractivity contribution in [2.45, 2.75) is 59.5 Å². The van der Waals surface area contributed by atoms with Crippen LogP contribution in [0.15, 0.2) is 6.33 Å². The second-order valence-corrected chi connectivity index (χ2v) is 8.48. The van der Waals surface area contributed by atoms with Crippen LogP contribution in [-0.2, 0) is 13.1 Å². The molecule has 0 amide bonds. The minimum absolute atomic E-state index is 0.612. The molecule has 2 aliphatic rings. The second-order valence-electron chi connectivity index (χ2n) is 8.48. The van der Waals surface area contributed by atoms with E-state index in [1.54, 1.807) is 6.33 Å². The van der Waals surface area contributed by atoms with Crippen molar-refractivity contribution in [3.63, 3.8) is 0 Å². The summed E-state index contributed by atoms with van der Waals surface area (Å²) in [6.07, 6.45) is 7.20. The van der Waals surface area contributed by atoms with E-state index in [1.807, 2.05) is 0 Å². The van der Waals surface area contributed by atoms with Crippen molar-refractivity contribution in [3.05, 3.63) is 12.2 Å². The molecule has 0 N–H and O–H groups in total. The average molecular weight is 334 g/mol. The molecule has 2 fully saturated rings. The summed E-state index contributed by atoms with van der Waals surface area (Å²) in [4.78, 5) is 9.81. The van der Waals surface area contributed by atoms with Crippen LogP contribution in [0.2, 0.25) is 0 Å². The molecule has 2 aliphatic heterocycles. The Morgan fingerprint density at radius 1 is 1.12 bits per heavy atom. The van der Waals surface area contributed by atoms with Gasteiger partial charge in [-0.1, -0.05) is 20.8 Å². The van der Waals surface area contributed by atoms with Crippen molar-refractivity contribution >= 4 is 0 Å². The molecule has 1 aromatic rings. The van der Waals surface area contributed by atoms with Gasteiger partial charge in [-0.2, -0.15) is 5.10 Å². The standard InChI is InChI=1S/C19H35N5/c1-16(2)11-24-19(20-15-21-24)14-23-8-4-5-18(13-23)12-22-9-6-17(3)7-10-22/h15-18H,4-14H2,1-3H3/t18-/m1/s1. The SMILES string of the molecule is CC(C)Cn1ncnc1CN1CCC[C@H](CN2CCC(C)CC2)C1. The minimum atomic E-state index is 0.612. The average Bonchev–Trinajstić information content (AvgIpc) is 2.96. The lowest BCUT2D eigenvalue weighted by molar-refractivity contribution is 0.106. The van der Waals surface area contributed by atoms with Crippen molar-refractivity contribution in [1.29, 1.82) is 0 Å². The van der Waals surface area contributed by atoms with Crippen molar-refractivity contribution in [2.24, 2.45) is 17.8 Å². The summed E-state index contributed by atoms with van der Waals surface area (Å²) in [5.41, 5.74) is 0. The Bertz CT molecular complexity index is 490. The van der Waals surface area contributed by atoms with E-state index in [1.165, 1.54) is 58.4 Å². The molecule has 0 aliphatic carbocycles. The quantitative estimate of drug-likeness (QED) is 0.802. The Kier molecular flexibility index (Phi) is 6.28. The maximum atomic E-state index is 4.51. The number of piperidine rings is 2. The van der Waals surface area contributed by atoms with E-state index >= 15 is 0 Å². The van der Waals surface area contributed by atoms with Crippen LogP contribution in [0.5, 0.6) is 0 Å². The molecule has 136 valence electrons. The zero-order valence-electron chi connectivity index (χ0n) is 15.8. The molecule has 5 nitrogen and oxygen atoms in total. The predicted octanol–water partition coefficient (Wildman–Crippen LogP) is 2.88. The van der Waals surface area contributed by atoms with Gasteiger partial charge >= 0.3 is 0 Å². The van der Waals surface area contributed by atoms with Crippen molar-refractivity contribution in [1.82, 2.24) is 24.6 Å². The van der Waals surface area contributed by atoms with Crippen LogP contribution < -0.4 is 0 Å². The van der Waals surface area contributed by atoms with Gasteiger partial charge in [0.15, 0.2) is 0 Å². The summed E-state index contributed by atoms with van der Waals surface area (Å²) >= 11 is 0. The number of nitrogens with zero attached hydrogens (tertiary/aromatic N) is 5. The van der Waals surface area contributed by atoms with Gasteiger partial charge in [0.25, 0.3) is 0 Å². The molecular formula is C19H35N5. The van der Waals surface area contributed by atoms with Crippen LogP contribution in [0.4, 0.5) is 0 Å². The van der Waals surface area contributed by atoms with E-state index in [-0.39, 0.29) is 0 Å². The van der Waals surface area contributed by atoms with Crippen LogP contribution in [-0.4, -0.2) is 57.3 Å². The fourth-order valence-electron chi connectivity index (χ4n) is 4.16. The molecule has 5 heteroatoms. The molecule has 0 saturated carbocycles. The maximum absolute atomic E-state index is 4.51. The van der Waals surface area contributed by atoms with Gasteiger partial charge in [0, 0.05) is 19.6 Å². The maximum Gasteiger partial charge on any atom is 0.141 e. The van der Waals surface area contributed by atoms with Crippen molar-refractivity contribution in [3.8, 4) is 0 Å². The minimum Gasteiger partial charge on any atom is -0.303 e. The highest BCUT2D eigenvalue weighted by Gasteiger charge is 2.25. The fourth-order valence-corrected chi connectivity index (χ4v) is 4.16. The van der Waals surface area contributed by atoms with E-state index in [2.05, 4.69) is 45.3 Å². The first-order valence-corrected chi connectivity index (χ1v) is 9.91. The molecule has 0 aromatic carbocycles. The van der Waals surface area contributed by atoms with Gasteiger partial charge in [-0.05, 0) is 63.1 Å². The van der Waals surface area contributed by atoms with Gasteiger partial charge in [0.2, 0.25) is 0 Å². The fraction of sp³-hybridized carbons (Fsp3) is 0.895. The topological polar surface area (TPSA) is 37.2 Å². The first-order chi connectivity index (χ1) is 11.6. The van der Waals surface area contributed by atoms with E-state index in [0.29, 0.717) is 5.92 Å². The van der Waals surface area contributed by atoms with E-state index in [9.17, 15) is 0 Å². The van der Waals surface area contributed by atoms with Gasteiger partial charge in [-0.15, -0.1) is 0 Å². The lowest BCUT2D eigenvalue weighted by Gasteiger charge is -2.37. The number of hydrogen-bond donors (Lipinski definition) is 0. The number of hydrogen-bond acceptors (Lipinski definition) is 4. The molecule has 2 saturated heterocycles. The van der Waals surface area contributed by atoms with Gasteiger partial charge in [0.1, 0.15) is 12.2 Å². The lowest BCUT2D eigenvalue weighted by Crippen LogP contribution is -2.43. The molecule has 3 heterocycles. The monoisotopic (exact) mass is 333 g/mol. The highest BCUT2D eigenvalue weighted by atomic mass is 15.3. The Balaban J connectivity index is 1.49. The lowest BCUT2D eigenvalue weighted by atomic mass is 9.94. The molecule has 24 heavy (non-hydrogen) atoms. The van der Waals surface area contributed by atoms with Gasteiger partial charge in [-0.3, -0.25) is 4.90 Å². The summed E-state index contributed by atoms with van der Waals surface area (Å²) in [6.45, 7) is 15.1. The third-order valence-electron chi connectivity index (χ3n) is 5.59. The molecule has 1 atom stereocenters. The second kappa shape index (κ2) is 8.43. The largest absolute Gasteiger partial charge is 0.303 e. The summed E-state index contributed by atoms with van der Waals surface area (Å²) in [5.74, 6) is 3.50. The predicted molar refractivity (Wildman–Crippen MR) is 97.7 cm³/mol. The van der Waals surface area contributed by atoms with Crippen LogP contribution in [0.1, 0.15) is 52.3 Å². The molecule has 0 bridgehead atoms. The van der Waals surface area contributed by atoms with Crippen LogP contribution in [0.3, 0.4) is 0 Å². The zero-order chi connectivity index (χ0) is 16.9. The number of likely N-dealkylation sites (tertiary alicyclic amines) is 2. The van der Waals surface area contributed by atoms with E-state index < -0.39 is 0 Å². The highest BCUT2D eigenvalue weighted by molar-refractivity contribution is 4.87. The summed E-state index contributed by atoms with van der Waals surface area (Å²) in [7, 11) is 0. The zero-order valence-corrected chi connectivity index (χ0v) is 15.8. The number of aromatic nitrogens is 3. The van der Waals surface area contributed by atoms with Crippen molar-refractivity contribution in [2.75, 3.05) is 32.7 Å². The summed E-state index contributed by atoms with van der Waals surface area (Å²) in [5, 5.41) is 4.41. The molecular weight excluding hydrogens is 298 g/mol. The molecule has 3 rings (SSSR count). The smallest absolute Gasteiger partial charge is 0.141 e. The van der Waals surface area contributed by atoms with Gasteiger partial charge < -0.3 is 4.90 Å². The molecule has 0 unspecified atom stereocenters. The number of rotatable bonds is 6. The summed E-state index contributed by atoms with van der Waals surface area (Å²) < 4.78 is 2.10. The van der Waals surface area contributed by atoms with Crippen LogP contribution >= 0.6 is 0 Å². The van der Waals surface area contributed by atoms with Crippen molar-refractivity contribution < 1.29 is 0 Å². The molecule has 0 spiro atoms. The Hall–Kier alpha value is -0.940. The third kappa shape index (κ3) is 5.03. The van der Waals surface area contributed by atoms with E-state index in [4.69, 9.17) is 0 Å². The molecule has 0 radical (unpaired) electrons. The van der Waals surface area contributed by atoms with Crippen LogP contribution in [0.25, 0.3) is 0 Å². The first kappa shape index (κ1) is 17.9. The Labute approximate surface area is 147 Å². The molecule has 1 aromatic heterocycles. The summed E-state index contributed by atoms with van der Waals surface area (Å²) in [6, 6.07) is 0. The highest BCUT2D eigenvalue weighted by Crippen LogP contribution is 2.22. The Morgan fingerprint density at radius 2 is 1.92 bits per heavy atom. The van der Waals surface area contributed by atoms with Gasteiger partial charge in [0.05, 0.1) is 6.54 Å². The van der Waals surface area contributed by atoms with E-state index in [0.717, 1.165) is 30.7 Å².